The largest absolute Gasteiger partial charge is 0.416 e. The summed E-state index contributed by atoms with van der Waals surface area (Å²) in [7, 11) is -2.89. The lowest BCUT2D eigenvalue weighted by atomic mass is 10.1. The molecule has 0 aliphatic carbocycles. The maximum Gasteiger partial charge on any atom is 0.277 e. The van der Waals surface area contributed by atoms with E-state index >= 15 is 0 Å². The third-order valence-corrected chi connectivity index (χ3v) is 6.24. The van der Waals surface area contributed by atoms with Crippen LogP contribution in [0.5, 0.6) is 0 Å². The van der Waals surface area contributed by atoms with E-state index < -0.39 is 9.84 Å². The molecule has 0 bridgehead atoms. The number of thioether (sulfide) groups is 1. The Morgan fingerprint density at radius 2 is 2.27 bits per heavy atom. The highest BCUT2D eigenvalue weighted by Gasteiger charge is 2.29. The van der Waals surface area contributed by atoms with E-state index in [4.69, 9.17) is 4.42 Å². The second-order valence-corrected chi connectivity index (χ2v) is 8.76. The molecule has 2 heterocycles. The fraction of sp³-hybridized carbons (Fsp3) is 0.769. The van der Waals surface area contributed by atoms with Crippen LogP contribution in [-0.2, 0) is 21.1 Å². The molecule has 0 saturated carbocycles. The molecule has 0 spiro atoms. The standard InChI is InChI=1S/C13H21N3O4S2/c1-3-9(2)14-11(17)7-21-13-16-15-12(20-13)6-10-4-5-22(18,19)8-10/h9-10H,3-8H2,1-2H3,(H,14,17)/t9-,10-/m0/s1. The van der Waals surface area contributed by atoms with E-state index in [0.29, 0.717) is 24.0 Å². The number of carbonyl (C=O) groups is 1. The molecule has 2 rings (SSSR count). The van der Waals surface area contributed by atoms with E-state index in [1.54, 1.807) is 0 Å². The predicted octanol–water partition coefficient (Wildman–Crippen LogP) is 1.05. The van der Waals surface area contributed by atoms with Crippen molar-refractivity contribution < 1.29 is 17.6 Å². The summed E-state index contributed by atoms with van der Waals surface area (Å²) >= 11 is 1.19. The van der Waals surface area contributed by atoms with Crippen LogP contribution in [0, 0.1) is 5.92 Å². The molecule has 1 fully saturated rings. The van der Waals surface area contributed by atoms with Gasteiger partial charge in [-0.05, 0) is 25.7 Å². The summed E-state index contributed by atoms with van der Waals surface area (Å²) in [6.07, 6.45) is 2.00. The van der Waals surface area contributed by atoms with Crippen LogP contribution in [0.4, 0.5) is 0 Å². The lowest BCUT2D eigenvalue weighted by Crippen LogP contribution is -2.33. The summed E-state index contributed by atoms with van der Waals surface area (Å²) < 4.78 is 28.3. The monoisotopic (exact) mass is 347 g/mol. The Kier molecular flexibility index (Phi) is 5.85. The van der Waals surface area contributed by atoms with Gasteiger partial charge in [0.1, 0.15) is 0 Å². The molecule has 1 aromatic heterocycles. The third-order valence-electron chi connectivity index (χ3n) is 3.58. The Morgan fingerprint density at radius 3 is 2.91 bits per heavy atom. The van der Waals surface area contributed by atoms with Crippen LogP contribution >= 0.6 is 11.8 Å². The molecule has 0 unspecified atom stereocenters. The topological polar surface area (TPSA) is 102 Å². The number of carbonyl (C=O) groups excluding carboxylic acids is 1. The number of hydrogen-bond donors (Lipinski definition) is 1. The molecule has 9 heteroatoms. The van der Waals surface area contributed by atoms with Crippen LogP contribution in [0.15, 0.2) is 9.64 Å². The maximum absolute atomic E-state index is 11.7. The molecule has 1 aliphatic heterocycles. The molecule has 1 amide bonds. The van der Waals surface area contributed by atoms with E-state index in [9.17, 15) is 13.2 Å². The van der Waals surface area contributed by atoms with Crippen molar-refractivity contribution in [3.8, 4) is 0 Å². The van der Waals surface area contributed by atoms with Gasteiger partial charge in [-0.1, -0.05) is 18.7 Å². The number of nitrogens with zero attached hydrogens (tertiary/aromatic N) is 2. The number of amides is 1. The van der Waals surface area contributed by atoms with E-state index in [-0.39, 0.29) is 35.1 Å². The second-order valence-electron chi connectivity index (χ2n) is 5.60. The molecule has 1 aromatic rings. The SMILES string of the molecule is CC[C@H](C)NC(=O)CSc1nnc(C[C@@H]2CCS(=O)(=O)C2)o1. The molecule has 0 aromatic carbocycles. The summed E-state index contributed by atoms with van der Waals surface area (Å²) in [5.41, 5.74) is 0. The summed E-state index contributed by atoms with van der Waals surface area (Å²) in [5, 5.41) is 11.0. The van der Waals surface area contributed by atoms with Crippen LogP contribution in [0.2, 0.25) is 0 Å². The van der Waals surface area contributed by atoms with Crippen LogP contribution < -0.4 is 5.32 Å². The first-order chi connectivity index (χ1) is 10.4. The van der Waals surface area contributed by atoms with E-state index in [0.717, 1.165) is 6.42 Å². The first-order valence-corrected chi connectivity index (χ1v) is 10.1. The first-order valence-electron chi connectivity index (χ1n) is 7.33. The van der Waals surface area contributed by atoms with Crippen molar-refractivity contribution in [3.05, 3.63) is 5.89 Å². The lowest BCUT2D eigenvalue weighted by Gasteiger charge is -2.09. The number of hydrogen-bond acceptors (Lipinski definition) is 7. The van der Waals surface area contributed by atoms with Gasteiger partial charge in [-0.25, -0.2) is 8.42 Å². The zero-order chi connectivity index (χ0) is 16.2. The van der Waals surface area contributed by atoms with Crippen molar-refractivity contribution in [2.45, 2.75) is 44.4 Å². The molecule has 2 atom stereocenters. The van der Waals surface area contributed by atoms with Gasteiger partial charge in [-0.15, -0.1) is 10.2 Å². The fourth-order valence-electron chi connectivity index (χ4n) is 2.20. The first kappa shape index (κ1) is 17.3. The van der Waals surface area contributed by atoms with Crippen molar-refractivity contribution in [2.75, 3.05) is 17.3 Å². The number of nitrogens with one attached hydrogen (secondary N) is 1. The van der Waals surface area contributed by atoms with Gasteiger partial charge in [0.05, 0.1) is 17.3 Å². The van der Waals surface area contributed by atoms with Crippen LogP contribution in [0.25, 0.3) is 0 Å². The predicted molar refractivity (Wildman–Crippen MR) is 83.4 cm³/mol. The second kappa shape index (κ2) is 7.45. The summed E-state index contributed by atoms with van der Waals surface area (Å²) in [5.74, 6) is 1.08. The quantitative estimate of drug-likeness (QED) is 0.736. The van der Waals surface area contributed by atoms with Crippen LogP contribution in [0.1, 0.15) is 32.6 Å². The zero-order valence-electron chi connectivity index (χ0n) is 12.7. The summed E-state index contributed by atoms with van der Waals surface area (Å²) in [6.45, 7) is 3.95. The van der Waals surface area contributed by atoms with Gasteiger partial charge < -0.3 is 9.73 Å². The Hall–Kier alpha value is -1.09. The van der Waals surface area contributed by atoms with E-state index in [1.807, 2.05) is 13.8 Å². The molecule has 124 valence electrons. The van der Waals surface area contributed by atoms with Crippen molar-refractivity contribution in [2.24, 2.45) is 5.92 Å². The highest BCUT2D eigenvalue weighted by Crippen LogP contribution is 2.23. The van der Waals surface area contributed by atoms with Gasteiger partial charge in [-0.3, -0.25) is 4.79 Å². The normalized spacial score (nSPS) is 21.6. The minimum Gasteiger partial charge on any atom is -0.416 e. The average Bonchev–Trinajstić information content (AvgIpc) is 3.03. The molecule has 7 nitrogen and oxygen atoms in total. The van der Waals surface area contributed by atoms with Gasteiger partial charge in [-0.2, -0.15) is 0 Å². The van der Waals surface area contributed by atoms with Gasteiger partial charge in [0, 0.05) is 12.5 Å². The Balaban J connectivity index is 1.78. The molecule has 22 heavy (non-hydrogen) atoms. The van der Waals surface area contributed by atoms with Gasteiger partial charge >= 0.3 is 0 Å². The molecule has 1 aliphatic rings. The van der Waals surface area contributed by atoms with Gasteiger partial charge in [0.2, 0.25) is 11.8 Å². The van der Waals surface area contributed by atoms with Crippen molar-refractivity contribution in [3.63, 3.8) is 0 Å². The number of sulfone groups is 1. The smallest absolute Gasteiger partial charge is 0.277 e. The zero-order valence-corrected chi connectivity index (χ0v) is 14.4. The third kappa shape index (κ3) is 5.28. The molecular weight excluding hydrogens is 326 g/mol. The van der Waals surface area contributed by atoms with Gasteiger partial charge in [0.15, 0.2) is 9.84 Å². The van der Waals surface area contributed by atoms with Crippen LogP contribution in [-0.4, -0.2) is 47.8 Å². The number of rotatable bonds is 7. The van der Waals surface area contributed by atoms with Gasteiger partial charge in [0.25, 0.3) is 5.22 Å². The molecular formula is C13H21N3O4S2. The Labute approximate surface area is 134 Å². The fourth-order valence-corrected chi connectivity index (χ4v) is 4.66. The summed E-state index contributed by atoms with van der Waals surface area (Å²) in [4.78, 5) is 11.7. The lowest BCUT2D eigenvalue weighted by molar-refractivity contribution is -0.119. The maximum atomic E-state index is 11.7. The average molecular weight is 347 g/mol. The molecule has 1 saturated heterocycles. The van der Waals surface area contributed by atoms with Crippen molar-refractivity contribution >= 4 is 27.5 Å². The van der Waals surface area contributed by atoms with Crippen molar-refractivity contribution in [1.29, 1.82) is 0 Å². The minimum absolute atomic E-state index is 0.0528. The number of aromatic nitrogens is 2. The highest BCUT2D eigenvalue weighted by molar-refractivity contribution is 7.99. The molecule has 1 N–H and O–H groups in total. The summed E-state index contributed by atoms with van der Waals surface area (Å²) in [6, 6.07) is 0.149. The highest BCUT2D eigenvalue weighted by atomic mass is 32.2. The van der Waals surface area contributed by atoms with E-state index in [1.165, 1.54) is 11.8 Å². The Morgan fingerprint density at radius 1 is 1.50 bits per heavy atom. The minimum atomic E-state index is -2.89. The van der Waals surface area contributed by atoms with Crippen LogP contribution in [0.3, 0.4) is 0 Å². The molecule has 0 radical (unpaired) electrons. The Bertz CT molecular complexity index is 615. The van der Waals surface area contributed by atoms with Crippen molar-refractivity contribution in [1.82, 2.24) is 15.5 Å². The van der Waals surface area contributed by atoms with E-state index in [2.05, 4.69) is 15.5 Å².